The number of aromatic nitrogens is 2. The number of halogens is 3. The Morgan fingerprint density at radius 3 is 2.68 bits per heavy atom. The van der Waals surface area contributed by atoms with Crippen LogP contribution in [0.3, 0.4) is 0 Å². The molecule has 3 aromatic rings. The first-order valence-corrected chi connectivity index (χ1v) is 10.3. The Morgan fingerprint density at radius 1 is 1.16 bits per heavy atom. The number of ether oxygens (including phenoxy) is 1. The summed E-state index contributed by atoms with van der Waals surface area (Å²) in [6.45, 7) is 2.57. The lowest BCUT2D eigenvalue weighted by molar-refractivity contribution is -0.137. The van der Waals surface area contributed by atoms with E-state index in [2.05, 4.69) is 20.6 Å². The Balaban J connectivity index is 1.40. The SMILES string of the molecule is Cc1ccc(OCc2nc(CC(=O)NCCNc3ncccc3C(F)(F)F)cs2)cc1. The van der Waals surface area contributed by atoms with Crippen molar-refractivity contribution in [2.75, 3.05) is 18.4 Å². The summed E-state index contributed by atoms with van der Waals surface area (Å²) in [4.78, 5) is 20.2. The van der Waals surface area contributed by atoms with Crippen molar-refractivity contribution >= 4 is 23.1 Å². The van der Waals surface area contributed by atoms with E-state index in [1.165, 1.54) is 23.6 Å². The average molecular weight is 450 g/mol. The van der Waals surface area contributed by atoms with E-state index in [-0.39, 0.29) is 31.2 Å². The van der Waals surface area contributed by atoms with Gasteiger partial charge in [-0.3, -0.25) is 4.79 Å². The number of aryl methyl sites for hydroxylation is 1. The normalized spacial score (nSPS) is 11.2. The first kappa shape index (κ1) is 22.5. The second-order valence-electron chi connectivity index (χ2n) is 6.69. The maximum absolute atomic E-state index is 12.9. The highest BCUT2D eigenvalue weighted by molar-refractivity contribution is 7.09. The Labute approximate surface area is 181 Å². The zero-order valence-electron chi connectivity index (χ0n) is 16.7. The third-order valence-corrected chi connectivity index (χ3v) is 5.05. The third kappa shape index (κ3) is 6.95. The number of carbonyl (C=O) groups is 1. The van der Waals surface area contributed by atoms with Gasteiger partial charge in [-0.1, -0.05) is 17.7 Å². The molecule has 0 spiro atoms. The fourth-order valence-electron chi connectivity index (χ4n) is 2.66. The lowest BCUT2D eigenvalue weighted by Crippen LogP contribution is -2.30. The summed E-state index contributed by atoms with van der Waals surface area (Å²) in [5.41, 5.74) is 0.914. The van der Waals surface area contributed by atoms with Crippen molar-refractivity contribution in [2.45, 2.75) is 26.1 Å². The van der Waals surface area contributed by atoms with Crippen molar-refractivity contribution in [1.82, 2.24) is 15.3 Å². The molecular formula is C21H21F3N4O2S. The molecule has 0 aliphatic carbocycles. The Kier molecular flexibility index (Phi) is 7.45. The van der Waals surface area contributed by atoms with Gasteiger partial charge in [0.2, 0.25) is 5.91 Å². The number of anilines is 1. The number of carbonyl (C=O) groups excluding carboxylic acids is 1. The number of hydrogen-bond acceptors (Lipinski definition) is 6. The van der Waals surface area contributed by atoms with Crippen LogP contribution < -0.4 is 15.4 Å². The van der Waals surface area contributed by atoms with Crippen LogP contribution >= 0.6 is 11.3 Å². The first-order valence-electron chi connectivity index (χ1n) is 9.47. The molecule has 1 amide bonds. The largest absolute Gasteiger partial charge is 0.486 e. The molecule has 10 heteroatoms. The monoisotopic (exact) mass is 450 g/mol. The summed E-state index contributed by atoms with van der Waals surface area (Å²) in [5, 5.41) is 7.79. The highest BCUT2D eigenvalue weighted by Gasteiger charge is 2.33. The maximum Gasteiger partial charge on any atom is 0.419 e. The molecule has 2 aromatic heterocycles. The van der Waals surface area contributed by atoms with Crippen molar-refractivity contribution < 1.29 is 22.7 Å². The van der Waals surface area contributed by atoms with E-state index >= 15 is 0 Å². The molecule has 6 nitrogen and oxygen atoms in total. The van der Waals surface area contributed by atoms with Gasteiger partial charge in [0.25, 0.3) is 0 Å². The smallest absolute Gasteiger partial charge is 0.419 e. The molecule has 2 heterocycles. The highest BCUT2D eigenvalue weighted by Crippen LogP contribution is 2.33. The van der Waals surface area contributed by atoms with Crippen molar-refractivity contribution in [3.8, 4) is 5.75 Å². The van der Waals surface area contributed by atoms with E-state index < -0.39 is 11.7 Å². The molecule has 164 valence electrons. The number of thiazole rings is 1. The van der Waals surface area contributed by atoms with Gasteiger partial charge in [0, 0.05) is 24.7 Å². The van der Waals surface area contributed by atoms with Crippen molar-refractivity contribution in [3.05, 3.63) is 69.8 Å². The first-order chi connectivity index (χ1) is 14.8. The van der Waals surface area contributed by atoms with Gasteiger partial charge in [0.1, 0.15) is 23.2 Å². The van der Waals surface area contributed by atoms with Crippen LogP contribution in [-0.4, -0.2) is 29.0 Å². The predicted molar refractivity (Wildman–Crippen MR) is 112 cm³/mol. The molecule has 0 aliphatic rings. The van der Waals surface area contributed by atoms with Crippen LogP contribution in [0.5, 0.6) is 5.75 Å². The number of hydrogen-bond donors (Lipinski definition) is 2. The minimum atomic E-state index is -4.49. The van der Waals surface area contributed by atoms with E-state index in [0.29, 0.717) is 12.3 Å². The van der Waals surface area contributed by atoms with Crippen molar-refractivity contribution in [1.29, 1.82) is 0 Å². The van der Waals surface area contributed by atoms with Gasteiger partial charge in [-0.15, -0.1) is 11.3 Å². The lowest BCUT2D eigenvalue weighted by Gasteiger charge is -2.13. The number of alkyl halides is 3. The summed E-state index contributed by atoms with van der Waals surface area (Å²) in [6, 6.07) is 9.86. The lowest BCUT2D eigenvalue weighted by atomic mass is 10.2. The Hall–Kier alpha value is -3.14. The number of benzene rings is 1. The minimum Gasteiger partial charge on any atom is -0.486 e. The number of rotatable bonds is 9. The van der Waals surface area contributed by atoms with E-state index in [1.54, 1.807) is 5.38 Å². The predicted octanol–water partition coefficient (Wildman–Crippen LogP) is 4.22. The zero-order valence-corrected chi connectivity index (χ0v) is 17.5. The second-order valence-corrected chi connectivity index (χ2v) is 7.63. The summed E-state index contributed by atoms with van der Waals surface area (Å²) in [5.74, 6) is 0.214. The molecule has 0 bridgehead atoms. The summed E-state index contributed by atoms with van der Waals surface area (Å²) < 4.78 is 44.5. The molecule has 1 aromatic carbocycles. The van der Waals surface area contributed by atoms with Crippen LogP contribution in [0.2, 0.25) is 0 Å². The quantitative estimate of drug-likeness (QED) is 0.478. The summed E-state index contributed by atoms with van der Waals surface area (Å²) >= 11 is 1.40. The highest BCUT2D eigenvalue weighted by atomic mass is 32.1. The van der Waals surface area contributed by atoms with Crippen LogP contribution in [0.1, 0.15) is 21.8 Å². The standard InChI is InChI=1S/C21H21F3N4O2S/c1-14-4-6-16(7-5-14)30-12-19-28-15(13-31-19)11-18(29)25-9-10-27-20-17(21(22,23)24)3-2-8-26-20/h2-8,13H,9-12H2,1H3,(H,25,29)(H,26,27). The van der Waals surface area contributed by atoms with E-state index in [1.807, 2.05) is 31.2 Å². The van der Waals surface area contributed by atoms with Crippen molar-refractivity contribution in [3.63, 3.8) is 0 Å². The van der Waals surface area contributed by atoms with Crippen molar-refractivity contribution in [2.24, 2.45) is 0 Å². The molecule has 2 N–H and O–H groups in total. The van der Waals surface area contributed by atoms with E-state index in [9.17, 15) is 18.0 Å². The maximum atomic E-state index is 12.9. The van der Waals surface area contributed by atoms with E-state index in [0.717, 1.165) is 22.4 Å². The average Bonchev–Trinajstić information content (AvgIpc) is 3.17. The van der Waals surface area contributed by atoms with Crippen LogP contribution in [0.15, 0.2) is 48.0 Å². The molecule has 0 saturated heterocycles. The van der Waals surface area contributed by atoms with Gasteiger partial charge in [-0.05, 0) is 31.2 Å². The molecule has 0 fully saturated rings. The fraction of sp³-hybridized carbons (Fsp3) is 0.286. The molecule has 0 aliphatic heterocycles. The van der Waals surface area contributed by atoms with Crippen LogP contribution in [-0.2, 0) is 24.0 Å². The van der Waals surface area contributed by atoms with Crippen LogP contribution in [0, 0.1) is 6.92 Å². The number of nitrogens with zero attached hydrogens (tertiary/aromatic N) is 2. The summed E-state index contributed by atoms with van der Waals surface area (Å²) in [6.07, 6.45) is -3.14. The topological polar surface area (TPSA) is 76.1 Å². The van der Waals surface area contributed by atoms with Gasteiger partial charge in [-0.2, -0.15) is 13.2 Å². The molecule has 0 unspecified atom stereocenters. The van der Waals surface area contributed by atoms with Gasteiger partial charge in [0.05, 0.1) is 17.7 Å². The second kappa shape index (κ2) is 10.3. The Morgan fingerprint density at radius 2 is 1.94 bits per heavy atom. The molecule has 0 radical (unpaired) electrons. The van der Waals surface area contributed by atoms with Gasteiger partial charge >= 0.3 is 6.18 Å². The summed E-state index contributed by atoms with van der Waals surface area (Å²) in [7, 11) is 0. The van der Waals surface area contributed by atoms with Crippen LogP contribution in [0.4, 0.5) is 19.0 Å². The zero-order chi connectivity index (χ0) is 22.3. The van der Waals surface area contributed by atoms with Gasteiger partial charge in [0.15, 0.2) is 0 Å². The molecule has 0 atom stereocenters. The van der Waals surface area contributed by atoms with Crippen LogP contribution in [0.25, 0.3) is 0 Å². The number of amides is 1. The molecule has 0 saturated carbocycles. The third-order valence-electron chi connectivity index (χ3n) is 4.18. The van der Waals surface area contributed by atoms with E-state index in [4.69, 9.17) is 4.74 Å². The minimum absolute atomic E-state index is 0.0818. The number of pyridine rings is 1. The molecule has 31 heavy (non-hydrogen) atoms. The molecule has 3 rings (SSSR count). The fourth-order valence-corrected chi connectivity index (χ4v) is 3.37. The Bertz CT molecular complexity index is 1010. The molecular weight excluding hydrogens is 429 g/mol. The van der Waals surface area contributed by atoms with Gasteiger partial charge < -0.3 is 15.4 Å². The van der Waals surface area contributed by atoms with Gasteiger partial charge in [-0.25, -0.2) is 9.97 Å². The number of nitrogens with one attached hydrogen (secondary N) is 2.